The van der Waals surface area contributed by atoms with Crippen molar-refractivity contribution < 1.29 is 18.4 Å². The number of aliphatic hydroxyl groups excluding tert-OH is 1. The molecule has 0 aliphatic rings. The van der Waals surface area contributed by atoms with Crippen LogP contribution in [-0.4, -0.2) is 31.1 Å². The first-order valence-electron chi connectivity index (χ1n) is 5.58. The zero-order chi connectivity index (χ0) is 14.8. The number of aryl methyl sites for hydroxylation is 2. The molecule has 19 heavy (non-hydrogen) atoms. The van der Waals surface area contributed by atoms with Gasteiger partial charge in [-0.25, -0.2) is 13.1 Å². The molecule has 0 amide bonds. The van der Waals surface area contributed by atoms with Crippen LogP contribution in [0.1, 0.15) is 18.1 Å². The molecule has 0 spiro atoms. The highest BCUT2D eigenvalue weighted by Crippen LogP contribution is 2.27. The van der Waals surface area contributed by atoms with Gasteiger partial charge >= 0.3 is 0 Å². The van der Waals surface area contributed by atoms with Crippen LogP contribution < -0.4 is 4.72 Å². The number of nitrogens with zero attached hydrogens (tertiary/aromatic N) is 1. The fraction of sp³-hybridized carbons (Fsp3) is 0.455. The first-order valence-corrected chi connectivity index (χ1v) is 7.06. The summed E-state index contributed by atoms with van der Waals surface area (Å²) in [4.78, 5) is 9.83. The van der Waals surface area contributed by atoms with Gasteiger partial charge in [0.1, 0.15) is 0 Å². The highest BCUT2D eigenvalue weighted by Gasteiger charge is 2.27. The number of hydrogen-bond donors (Lipinski definition) is 2. The zero-order valence-electron chi connectivity index (χ0n) is 10.9. The van der Waals surface area contributed by atoms with Crippen molar-refractivity contribution in [2.75, 3.05) is 6.61 Å². The molecule has 0 fully saturated rings. The maximum Gasteiger partial charge on any atom is 0.289 e. The second-order valence-corrected chi connectivity index (χ2v) is 6.05. The summed E-state index contributed by atoms with van der Waals surface area (Å²) in [6.07, 6.45) is 0. The third kappa shape index (κ3) is 3.49. The van der Waals surface area contributed by atoms with Crippen molar-refractivity contribution in [1.82, 2.24) is 4.72 Å². The summed E-state index contributed by atoms with van der Waals surface area (Å²) in [7, 11) is -4.04. The van der Waals surface area contributed by atoms with Crippen LogP contribution in [0, 0.1) is 24.0 Å². The largest absolute Gasteiger partial charge is 0.395 e. The van der Waals surface area contributed by atoms with Crippen molar-refractivity contribution >= 4 is 15.7 Å². The minimum atomic E-state index is -4.04. The lowest BCUT2D eigenvalue weighted by molar-refractivity contribution is -0.387. The van der Waals surface area contributed by atoms with E-state index >= 15 is 0 Å². The maximum absolute atomic E-state index is 12.1. The minimum Gasteiger partial charge on any atom is -0.395 e. The molecular formula is C11H16N2O5S. The van der Waals surface area contributed by atoms with Crippen LogP contribution in [0.15, 0.2) is 17.0 Å². The quantitative estimate of drug-likeness (QED) is 0.617. The van der Waals surface area contributed by atoms with E-state index in [0.717, 1.165) is 0 Å². The fourth-order valence-corrected chi connectivity index (χ4v) is 2.97. The monoisotopic (exact) mass is 288 g/mol. The normalized spacial score (nSPS) is 13.3. The summed E-state index contributed by atoms with van der Waals surface area (Å²) in [5, 5.41) is 19.8. The molecule has 0 bridgehead atoms. The van der Waals surface area contributed by atoms with Gasteiger partial charge in [0, 0.05) is 12.1 Å². The van der Waals surface area contributed by atoms with E-state index in [2.05, 4.69) is 4.72 Å². The third-order valence-corrected chi connectivity index (χ3v) is 4.31. The molecule has 0 saturated heterocycles. The molecule has 1 atom stereocenters. The molecule has 8 heteroatoms. The van der Waals surface area contributed by atoms with Crippen molar-refractivity contribution in [3.8, 4) is 0 Å². The Labute approximate surface area is 111 Å². The van der Waals surface area contributed by atoms with Crippen LogP contribution in [0.2, 0.25) is 0 Å². The number of hydrogen-bond acceptors (Lipinski definition) is 5. The Morgan fingerprint density at radius 3 is 2.37 bits per heavy atom. The molecule has 1 rings (SSSR count). The lowest BCUT2D eigenvalue weighted by atomic mass is 10.1. The summed E-state index contributed by atoms with van der Waals surface area (Å²) >= 11 is 0. The highest BCUT2D eigenvalue weighted by molar-refractivity contribution is 7.89. The molecule has 2 N–H and O–H groups in total. The summed E-state index contributed by atoms with van der Waals surface area (Å²) in [6.45, 7) is 4.42. The highest BCUT2D eigenvalue weighted by atomic mass is 32.2. The summed E-state index contributed by atoms with van der Waals surface area (Å²) < 4.78 is 26.3. The van der Waals surface area contributed by atoms with Gasteiger partial charge in [0.15, 0.2) is 4.90 Å². The number of nitro benzene ring substituents is 1. The molecular weight excluding hydrogens is 272 g/mol. The summed E-state index contributed by atoms with van der Waals surface area (Å²) in [6, 6.07) is 1.78. The number of benzene rings is 1. The van der Waals surface area contributed by atoms with Crippen molar-refractivity contribution in [3.63, 3.8) is 0 Å². The van der Waals surface area contributed by atoms with E-state index < -0.39 is 33.3 Å². The average Bonchev–Trinajstić information content (AvgIpc) is 2.30. The van der Waals surface area contributed by atoms with Crippen LogP contribution in [0.25, 0.3) is 0 Å². The van der Waals surface area contributed by atoms with E-state index in [9.17, 15) is 18.5 Å². The van der Waals surface area contributed by atoms with Crippen LogP contribution in [0.3, 0.4) is 0 Å². The fourth-order valence-electron chi connectivity index (χ4n) is 1.50. The van der Waals surface area contributed by atoms with Crippen molar-refractivity contribution in [2.24, 2.45) is 0 Å². The summed E-state index contributed by atoms with van der Waals surface area (Å²) in [5.74, 6) is 0. The molecule has 0 radical (unpaired) electrons. The van der Waals surface area contributed by atoms with Gasteiger partial charge in [0.2, 0.25) is 10.0 Å². The molecule has 0 saturated carbocycles. The number of rotatable bonds is 5. The molecule has 0 heterocycles. The number of sulfonamides is 1. The van der Waals surface area contributed by atoms with Gasteiger partial charge in [0.25, 0.3) is 5.69 Å². The molecule has 7 nitrogen and oxygen atoms in total. The van der Waals surface area contributed by atoms with Crippen LogP contribution in [-0.2, 0) is 10.0 Å². The van der Waals surface area contributed by atoms with Crippen molar-refractivity contribution in [1.29, 1.82) is 0 Å². The van der Waals surface area contributed by atoms with E-state index in [1.165, 1.54) is 19.1 Å². The molecule has 106 valence electrons. The Kier molecular flexibility index (Phi) is 4.61. The van der Waals surface area contributed by atoms with E-state index in [-0.39, 0.29) is 4.90 Å². The van der Waals surface area contributed by atoms with E-state index in [1.54, 1.807) is 13.8 Å². The SMILES string of the molecule is Cc1cc([N+](=O)[O-])c(S(=O)(=O)N[C@H](C)CO)cc1C. The second kappa shape index (κ2) is 5.64. The molecule has 0 aliphatic carbocycles. The van der Waals surface area contributed by atoms with Gasteiger partial charge in [-0.2, -0.15) is 0 Å². The van der Waals surface area contributed by atoms with E-state index in [1.807, 2.05) is 0 Å². The Morgan fingerprint density at radius 1 is 1.37 bits per heavy atom. The van der Waals surface area contributed by atoms with Crippen LogP contribution >= 0.6 is 0 Å². The predicted molar refractivity (Wildman–Crippen MR) is 69.4 cm³/mol. The molecule has 1 aromatic carbocycles. The summed E-state index contributed by atoms with van der Waals surface area (Å²) in [5.41, 5.74) is 0.809. The van der Waals surface area contributed by atoms with Crippen LogP contribution in [0.4, 0.5) is 5.69 Å². The van der Waals surface area contributed by atoms with Gasteiger partial charge < -0.3 is 5.11 Å². The van der Waals surface area contributed by atoms with Gasteiger partial charge in [0.05, 0.1) is 11.5 Å². The molecule has 0 aromatic heterocycles. The van der Waals surface area contributed by atoms with Crippen molar-refractivity contribution in [2.45, 2.75) is 31.7 Å². The van der Waals surface area contributed by atoms with Gasteiger partial charge in [-0.15, -0.1) is 0 Å². The van der Waals surface area contributed by atoms with E-state index in [4.69, 9.17) is 5.11 Å². The number of aliphatic hydroxyl groups is 1. The van der Waals surface area contributed by atoms with Crippen LogP contribution in [0.5, 0.6) is 0 Å². The maximum atomic E-state index is 12.1. The Balaban J connectivity index is 3.40. The van der Waals surface area contributed by atoms with Gasteiger partial charge in [-0.1, -0.05) is 0 Å². The zero-order valence-corrected chi connectivity index (χ0v) is 11.7. The minimum absolute atomic E-state index is 0.388. The second-order valence-electron chi connectivity index (χ2n) is 4.37. The number of nitro groups is 1. The smallest absolute Gasteiger partial charge is 0.289 e. The Bertz CT molecular complexity index is 597. The van der Waals surface area contributed by atoms with E-state index in [0.29, 0.717) is 11.1 Å². The standard InChI is InChI=1S/C11H16N2O5S/c1-7-4-10(13(15)16)11(5-8(7)2)19(17,18)12-9(3)6-14/h4-5,9,12,14H,6H2,1-3H3/t9-/m1/s1. The Hall–Kier alpha value is -1.51. The molecule has 0 aliphatic heterocycles. The predicted octanol–water partition coefficient (Wildman–Crippen LogP) is 0.871. The molecule has 1 aromatic rings. The number of nitrogens with one attached hydrogen (secondary N) is 1. The lowest BCUT2D eigenvalue weighted by Crippen LogP contribution is -2.35. The topological polar surface area (TPSA) is 110 Å². The average molecular weight is 288 g/mol. The molecule has 0 unspecified atom stereocenters. The third-order valence-electron chi connectivity index (χ3n) is 2.69. The first-order chi connectivity index (χ1) is 8.69. The lowest BCUT2D eigenvalue weighted by Gasteiger charge is -2.13. The van der Waals surface area contributed by atoms with Gasteiger partial charge in [-0.3, -0.25) is 10.1 Å². The first kappa shape index (κ1) is 15.5. The van der Waals surface area contributed by atoms with Crippen molar-refractivity contribution in [3.05, 3.63) is 33.4 Å². The van der Waals surface area contributed by atoms with Gasteiger partial charge in [-0.05, 0) is 38.0 Å². The Morgan fingerprint density at radius 2 is 1.89 bits per heavy atom.